The Balaban J connectivity index is 0. The van der Waals surface area contributed by atoms with Crippen molar-refractivity contribution in [1.82, 2.24) is 4.90 Å². The van der Waals surface area contributed by atoms with E-state index in [0.717, 1.165) is 13.0 Å². The minimum atomic E-state index is -3.68. The average Bonchev–Trinajstić information content (AvgIpc) is 2.28. The molecule has 0 amide bonds. The van der Waals surface area contributed by atoms with Crippen LogP contribution >= 0.6 is 0 Å². The lowest BCUT2D eigenvalue weighted by molar-refractivity contribution is -0.132. The molecular formula is C12H25NO6S. The molecule has 0 radical (unpaired) electrons. The molecule has 120 valence electrons. The van der Waals surface area contributed by atoms with Crippen molar-refractivity contribution >= 4 is 16.4 Å². The standard InChI is InChI=1S/C8H15NO2.C4H10O4S/c1-7(8(10)11)5-4-6-9(2)3;1-3-7-9(5,6)8-4-2/h5H,4,6H2,1-3H3,(H,10,11);3-4H2,1-2H3/b7-5-;. The molecule has 7 nitrogen and oxygen atoms in total. The smallest absolute Gasteiger partial charge is 0.399 e. The number of nitrogens with zero attached hydrogens (tertiary/aromatic N) is 1. The zero-order valence-corrected chi connectivity index (χ0v) is 13.6. The molecule has 0 aromatic rings. The van der Waals surface area contributed by atoms with Gasteiger partial charge < -0.3 is 10.0 Å². The van der Waals surface area contributed by atoms with Crippen LogP contribution in [-0.2, 0) is 23.6 Å². The fraction of sp³-hybridized carbons (Fsp3) is 0.750. The van der Waals surface area contributed by atoms with Crippen molar-refractivity contribution in [3.05, 3.63) is 11.6 Å². The second-order valence-corrected chi connectivity index (χ2v) is 5.29. The predicted octanol–water partition coefficient (Wildman–Crippen LogP) is 1.27. The monoisotopic (exact) mass is 311 g/mol. The largest absolute Gasteiger partial charge is 0.478 e. The summed E-state index contributed by atoms with van der Waals surface area (Å²) < 4.78 is 29.2. The van der Waals surface area contributed by atoms with Crippen LogP contribution < -0.4 is 0 Å². The molecule has 0 aromatic heterocycles. The molecule has 1 N–H and O–H groups in total. The lowest BCUT2D eigenvalue weighted by atomic mass is 10.2. The van der Waals surface area contributed by atoms with Gasteiger partial charge in [0.2, 0.25) is 0 Å². The first-order chi connectivity index (χ1) is 9.16. The van der Waals surface area contributed by atoms with E-state index < -0.39 is 16.4 Å². The van der Waals surface area contributed by atoms with E-state index in [4.69, 9.17) is 5.11 Å². The van der Waals surface area contributed by atoms with Gasteiger partial charge in [-0.25, -0.2) is 13.2 Å². The Bertz CT molecular complexity index is 377. The molecule has 0 saturated carbocycles. The molecule has 0 aliphatic rings. The van der Waals surface area contributed by atoms with Crippen LogP contribution in [0.4, 0.5) is 0 Å². The van der Waals surface area contributed by atoms with Crippen molar-refractivity contribution < 1.29 is 26.7 Å². The second kappa shape index (κ2) is 11.8. The van der Waals surface area contributed by atoms with Crippen molar-refractivity contribution in [3.63, 3.8) is 0 Å². The van der Waals surface area contributed by atoms with Crippen LogP contribution in [0.5, 0.6) is 0 Å². The van der Waals surface area contributed by atoms with Gasteiger partial charge in [0.15, 0.2) is 0 Å². The van der Waals surface area contributed by atoms with Gasteiger partial charge in [-0.1, -0.05) is 6.08 Å². The third kappa shape index (κ3) is 15.1. The van der Waals surface area contributed by atoms with E-state index in [1.165, 1.54) is 0 Å². The Morgan fingerprint density at radius 3 is 1.95 bits per heavy atom. The maximum atomic E-state index is 10.4. The summed E-state index contributed by atoms with van der Waals surface area (Å²) in [6.45, 7) is 5.89. The highest BCUT2D eigenvalue weighted by molar-refractivity contribution is 7.81. The molecule has 0 spiro atoms. The number of hydrogen-bond acceptors (Lipinski definition) is 6. The van der Waals surface area contributed by atoms with Crippen LogP contribution in [-0.4, -0.2) is 58.2 Å². The molecule has 0 bridgehead atoms. The zero-order chi connectivity index (χ0) is 16.2. The third-order valence-electron chi connectivity index (χ3n) is 1.89. The fourth-order valence-corrected chi connectivity index (χ4v) is 1.59. The average molecular weight is 311 g/mol. The summed E-state index contributed by atoms with van der Waals surface area (Å²) in [5.41, 5.74) is 0.423. The van der Waals surface area contributed by atoms with Crippen molar-refractivity contribution in [3.8, 4) is 0 Å². The van der Waals surface area contributed by atoms with Crippen molar-refractivity contribution in [2.24, 2.45) is 0 Å². The van der Waals surface area contributed by atoms with E-state index >= 15 is 0 Å². The molecule has 0 aromatic carbocycles. The van der Waals surface area contributed by atoms with Crippen LogP contribution in [0.2, 0.25) is 0 Å². The number of aliphatic carboxylic acids is 1. The summed E-state index contributed by atoms with van der Waals surface area (Å²) in [7, 11) is 0.243. The highest BCUT2D eigenvalue weighted by Gasteiger charge is 2.06. The minimum absolute atomic E-state index is 0.113. The summed E-state index contributed by atoms with van der Waals surface area (Å²) >= 11 is 0. The van der Waals surface area contributed by atoms with E-state index in [2.05, 4.69) is 8.37 Å². The van der Waals surface area contributed by atoms with Crippen molar-refractivity contribution in [2.75, 3.05) is 33.9 Å². The number of carboxylic acids is 1. The fourth-order valence-electron chi connectivity index (χ4n) is 0.949. The molecule has 0 atom stereocenters. The van der Waals surface area contributed by atoms with E-state index in [9.17, 15) is 13.2 Å². The molecule has 20 heavy (non-hydrogen) atoms. The highest BCUT2D eigenvalue weighted by atomic mass is 32.3. The van der Waals surface area contributed by atoms with E-state index in [-0.39, 0.29) is 13.2 Å². The maximum absolute atomic E-state index is 10.4. The molecule has 0 saturated heterocycles. The maximum Gasteiger partial charge on any atom is 0.399 e. The lowest BCUT2D eigenvalue weighted by Crippen LogP contribution is -2.12. The topological polar surface area (TPSA) is 93.1 Å². The van der Waals surface area contributed by atoms with Gasteiger partial charge in [-0.3, -0.25) is 0 Å². The van der Waals surface area contributed by atoms with Crippen molar-refractivity contribution in [2.45, 2.75) is 27.2 Å². The molecule has 0 unspecified atom stereocenters. The summed E-state index contributed by atoms with van der Waals surface area (Å²) in [4.78, 5) is 12.3. The van der Waals surface area contributed by atoms with Gasteiger partial charge in [-0.15, -0.1) is 0 Å². The van der Waals surface area contributed by atoms with Gasteiger partial charge >= 0.3 is 16.4 Å². The Hall–Kier alpha value is -0.960. The number of rotatable bonds is 8. The predicted molar refractivity (Wildman–Crippen MR) is 76.7 cm³/mol. The Kier molecular flexibility index (Phi) is 12.6. The van der Waals surface area contributed by atoms with Crippen LogP contribution in [0.15, 0.2) is 11.6 Å². The molecule has 0 fully saturated rings. The van der Waals surface area contributed by atoms with Gasteiger partial charge in [0.25, 0.3) is 0 Å². The molecule has 0 heterocycles. The quantitative estimate of drug-likeness (QED) is 0.675. The van der Waals surface area contributed by atoms with Gasteiger partial charge in [0.05, 0.1) is 13.2 Å². The summed E-state index contributed by atoms with van der Waals surface area (Å²) in [5.74, 6) is -0.830. The first-order valence-electron chi connectivity index (χ1n) is 6.24. The molecule has 0 aliphatic carbocycles. The first kappa shape index (κ1) is 21.3. The zero-order valence-electron chi connectivity index (χ0n) is 12.7. The minimum Gasteiger partial charge on any atom is -0.478 e. The number of hydrogen-bond donors (Lipinski definition) is 1. The van der Waals surface area contributed by atoms with Gasteiger partial charge in [-0.2, -0.15) is 8.42 Å². The highest BCUT2D eigenvalue weighted by Crippen LogP contribution is 1.95. The van der Waals surface area contributed by atoms with Gasteiger partial charge in [0, 0.05) is 12.1 Å². The first-order valence-corrected chi connectivity index (χ1v) is 7.58. The summed E-state index contributed by atoms with van der Waals surface area (Å²) in [5, 5.41) is 8.47. The normalized spacial score (nSPS) is 12.0. The van der Waals surface area contributed by atoms with Crippen LogP contribution in [0, 0.1) is 0 Å². The van der Waals surface area contributed by atoms with Crippen molar-refractivity contribution in [1.29, 1.82) is 0 Å². The molecule has 0 aliphatic heterocycles. The number of carbonyl (C=O) groups is 1. The van der Waals surface area contributed by atoms with E-state index in [0.29, 0.717) is 5.57 Å². The van der Waals surface area contributed by atoms with E-state index in [1.807, 2.05) is 19.0 Å². The van der Waals surface area contributed by atoms with Crippen LogP contribution in [0.25, 0.3) is 0 Å². The second-order valence-electron chi connectivity index (χ2n) is 4.01. The number of carboxylic acid groups (broad SMARTS) is 1. The van der Waals surface area contributed by atoms with Gasteiger partial charge in [-0.05, 0) is 41.3 Å². The van der Waals surface area contributed by atoms with Crippen LogP contribution in [0.3, 0.4) is 0 Å². The van der Waals surface area contributed by atoms with Crippen LogP contribution in [0.1, 0.15) is 27.2 Å². The SMILES string of the molecule is C/C(=C/CCN(C)C)C(=O)O.CCOS(=O)(=O)OCC. The Morgan fingerprint density at radius 1 is 1.20 bits per heavy atom. The molecule has 8 heteroatoms. The molecule has 0 rings (SSSR count). The Morgan fingerprint density at radius 2 is 1.65 bits per heavy atom. The summed E-state index contributed by atoms with van der Waals surface area (Å²) in [6, 6.07) is 0. The third-order valence-corrected chi connectivity index (χ3v) is 2.94. The lowest BCUT2D eigenvalue weighted by Gasteiger charge is -2.05. The summed E-state index contributed by atoms with van der Waals surface area (Å²) in [6.07, 6.45) is 2.54. The molecular weight excluding hydrogens is 286 g/mol. The van der Waals surface area contributed by atoms with Gasteiger partial charge in [0.1, 0.15) is 0 Å². The Labute approximate surface area is 121 Å². The van der Waals surface area contributed by atoms with E-state index in [1.54, 1.807) is 26.8 Å².